The molecule has 10 aliphatic rings. The maximum atomic E-state index is 13.7. The summed E-state index contributed by atoms with van der Waals surface area (Å²) >= 11 is 9.86. The number of carbonyl (C=O) groups is 2. The van der Waals surface area contributed by atoms with Crippen molar-refractivity contribution in [3.05, 3.63) is 248 Å². The lowest BCUT2D eigenvalue weighted by Gasteiger charge is -2.63. The summed E-state index contributed by atoms with van der Waals surface area (Å²) < 4.78 is 283. The number of rotatable bonds is 16. The van der Waals surface area contributed by atoms with E-state index >= 15 is 0 Å². The number of phenolic OH excluding ortho intramolecular Hbond substituents is 1. The third-order valence-electron chi connectivity index (χ3n) is 23.4. The molecule has 0 aromatic heterocycles. The molecule has 8 bridgehead atoms. The van der Waals surface area contributed by atoms with E-state index in [1.165, 1.54) is 33.1 Å². The van der Waals surface area contributed by atoms with Gasteiger partial charge in [0.1, 0.15) is 66.4 Å². The zero-order valence-electron chi connectivity index (χ0n) is 68.6. The SMILES string of the molecule is CC(F)(F)C(=O)OC12CC3CC(C1)C1(OCC(F)(F)C(F)(F)CO1)C(C3)C2.CC(F)(F)C(=O)OC12CC3CC(C1)C1(OCC(F)(F)C(F)(F)CO1)C(C3)C2.Cc1c([I+]c2ccc(F)c(F)c2C)ccc(F)c1F.Cc1c([I+]c2ccc(Oc3ccc(I)cc3)c(Oc3ccc(I)cc3)c2C)ccc(Oc2ccc(I)cc2)c1Oc1ccc(I)cc1.Oc1ccc(I)cc1. The second-order valence-corrected chi connectivity index (χ2v) is 44.8. The Labute approximate surface area is 816 Å². The van der Waals surface area contributed by atoms with Crippen LogP contribution < -0.4 is 61.4 Å². The predicted octanol–water partition coefficient (Wildman–Crippen LogP) is 20.6. The lowest BCUT2D eigenvalue weighted by molar-refractivity contribution is -0.599. The molecule has 36 heteroatoms. The summed E-state index contributed by atoms with van der Waals surface area (Å²) in [5, 5.41) is 8.75. The highest BCUT2D eigenvalue weighted by atomic mass is 127. The molecule has 9 aromatic carbocycles. The van der Waals surface area contributed by atoms with Crippen LogP contribution in [0.1, 0.15) is 100 Å². The van der Waals surface area contributed by atoms with Gasteiger partial charge in [-0.3, -0.25) is 0 Å². The first-order valence-electron chi connectivity index (χ1n) is 39.9. The summed E-state index contributed by atoms with van der Waals surface area (Å²) in [5.74, 6) is -30.9. The molecule has 4 unspecified atom stereocenters. The van der Waals surface area contributed by atoms with Gasteiger partial charge in [0.15, 0.2) is 65.0 Å². The van der Waals surface area contributed by atoms with Crippen molar-refractivity contribution in [1.82, 2.24) is 0 Å². The maximum absolute atomic E-state index is 13.7. The molecule has 2 heterocycles. The van der Waals surface area contributed by atoms with Gasteiger partial charge in [-0.15, -0.1) is 0 Å². The number of benzene rings is 9. The van der Waals surface area contributed by atoms with Gasteiger partial charge in [0.2, 0.25) is 7.14 Å². The Kier molecular flexibility index (Phi) is 31.3. The molecule has 1 N–H and O–H groups in total. The first-order chi connectivity index (χ1) is 60.0. The second kappa shape index (κ2) is 40.0. The van der Waals surface area contributed by atoms with E-state index < -0.39 is 186 Å². The van der Waals surface area contributed by atoms with Crippen LogP contribution in [0.4, 0.5) is 70.2 Å². The fraction of sp³-hybridized carbons (Fsp3) is 0.391. The number of hydrogen-bond donors (Lipinski definition) is 1. The molecule has 9 aromatic rings. The van der Waals surface area contributed by atoms with Crippen molar-refractivity contribution < 1.29 is 175 Å². The normalized spacial score (nSPS) is 23.6. The minimum absolute atomic E-state index is 0.0166. The van der Waals surface area contributed by atoms with Crippen molar-refractivity contribution in [2.75, 3.05) is 26.4 Å². The van der Waals surface area contributed by atoms with Gasteiger partial charge >= 0.3 is 89.9 Å². The Bertz CT molecular complexity index is 5100. The highest BCUT2D eigenvalue weighted by Gasteiger charge is 2.72. The van der Waals surface area contributed by atoms with Crippen LogP contribution in [0.25, 0.3) is 0 Å². The van der Waals surface area contributed by atoms with Gasteiger partial charge in [-0.25, -0.2) is 27.2 Å². The first kappa shape index (κ1) is 100. The van der Waals surface area contributed by atoms with Gasteiger partial charge in [0.25, 0.3) is 0 Å². The molecule has 8 saturated carbocycles. The molecule has 13 nitrogen and oxygen atoms in total. The third-order valence-corrected chi connectivity index (χ3v) is 34.0. The molecule has 686 valence electrons. The number of carbonyl (C=O) groups excluding carboxylic acids is 2. The van der Waals surface area contributed by atoms with Crippen LogP contribution in [0.2, 0.25) is 0 Å². The second-order valence-electron chi connectivity index (χ2n) is 32.8. The van der Waals surface area contributed by atoms with Gasteiger partial charge in [-0.05, 0) is 387 Å². The number of esters is 2. The number of hydrogen-bond acceptors (Lipinski definition) is 13. The topological polar surface area (TPSA) is 147 Å². The van der Waals surface area contributed by atoms with Gasteiger partial charge in [-0.1, -0.05) is 0 Å². The largest absolute Gasteiger partial charge is 0.508 e. The number of ether oxygens (including phenoxy) is 10. The minimum Gasteiger partial charge on any atom is -0.508 e. The van der Waals surface area contributed by atoms with Gasteiger partial charge in [-0.2, -0.15) is 52.7 Å². The van der Waals surface area contributed by atoms with Crippen LogP contribution in [0.5, 0.6) is 51.7 Å². The standard InChI is InChI=1S/C38H26I5O4.2C17H20F6O4.C14H10F4I.C6H5IO/c1-23-33(19-21-35(44-29-11-3-25(39)4-12-29)37(23)46-31-15-7-27(41)8-16-31)43-34-20-22-36(45-30-13-5-26(40)6-14-30)38(24(34)2)47-32-17-9-28(42)10-18-32;2*1-13(18,19)12(24)27-14-4-9-2-10(5-14)17(11(3-9)6-14)25-7-15(20,21)16(22,23)8-26-17;1-7-11(5-3-9(15)13(7)17)19-12-6-4-10(16)14(18)8(12)2;7-5-1-3-6(8)4-2-5/h3-22H,1-2H3;2*9-11H,2-8H2,1H3;3-6H,1-2H3;1-4,8H/q+1;;;+1;. The van der Waals surface area contributed by atoms with Crippen LogP contribution in [0, 0.1) is 119 Å². The molecule has 128 heavy (non-hydrogen) atoms. The average Bonchev–Trinajstić information content (AvgIpc) is 1.20. The van der Waals surface area contributed by atoms with E-state index in [9.17, 15) is 79.8 Å². The minimum atomic E-state index is -4.36. The third kappa shape index (κ3) is 22.9. The molecular weight excluding hydrogens is 2510 g/mol. The highest BCUT2D eigenvalue weighted by Crippen LogP contribution is 2.66. The van der Waals surface area contributed by atoms with Crippen LogP contribution in [-0.4, -0.2) is 102 Å². The predicted molar refractivity (Wildman–Crippen MR) is 472 cm³/mol. The van der Waals surface area contributed by atoms with E-state index in [1.54, 1.807) is 12.1 Å². The molecule has 0 amide bonds. The Morgan fingerprint density at radius 3 is 0.883 bits per heavy atom. The summed E-state index contributed by atoms with van der Waals surface area (Å²) in [6, 6.07) is 52.7. The average molecular weight is 2590 g/mol. The van der Waals surface area contributed by atoms with Crippen molar-refractivity contribution in [3.63, 3.8) is 0 Å². The van der Waals surface area contributed by atoms with E-state index in [0.29, 0.717) is 88.3 Å². The fourth-order valence-corrected chi connectivity index (χ4v) is 24.4. The molecule has 2 spiro atoms. The van der Waals surface area contributed by atoms with Crippen LogP contribution in [0.15, 0.2) is 170 Å². The highest BCUT2D eigenvalue weighted by molar-refractivity contribution is 14.1. The summed E-state index contributed by atoms with van der Waals surface area (Å²) in [5.41, 5.74) is 0.273. The van der Waals surface area contributed by atoms with E-state index in [4.69, 9.17) is 52.5 Å². The van der Waals surface area contributed by atoms with E-state index in [0.717, 1.165) is 64.1 Å². The summed E-state index contributed by atoms with van der Waals surface area (Å²) in [4.78, 5) is 23.4. The number of phenols is 1. The molecule has 0 radical (unpaired) electrons. The molecule has 4 atom stereocenters. The van der Waals surface area contributed by atoms with Crippen molar-refractivity contribution >= 4 is 125 Å². The van der Waals surface area contributed by atoms with Crippen LogP contribution >= 0.6 is 113 Å². The van der Waals surface area contributed by atoms with E-state index in [2.05, 4.69) is 139 Å². The number of aromatic hydroxyl groups is 1. The smallest absolute Gasteiger partial charge is 0.377 e. The van der Waals surface area contributed by atoms with Crippen LogP contribution in [-0.2, 0) is 38.0 Å². The quantitative estimate of drug-likeness (QED) is 0.0424. The molecule has 2 aliphatic heterocycles. The molecule has 2 saturated heterocycles. The van der Waals surface area contributed by atoms with Gasteiger partial charge < -0.3 is 52.5 Å². The monoisotopic (exact) mass is 2590 g/mol. The summed E-state index contributed by atoms with van der Waals surface area (Å²) in [6.07, 6.45) is 2.93. The lowest BCUT2D eigenvalue weighted by atomic mass is 9.51. The number of halogens is 23. The Hall–Kier alpha value is -5.25. The van der Waals surface area contributed by atoms with Gasteiger partial charge in [0.05, 0.1) is 0 Å². The van der Waals surface area contributed by atoms with E-state index in [-0.39, 0.29) is 48.6 Å². The molecule has 10 fully saturated rings. The van der Waals surface area contributed by atoms with Crippen molar-refractivity contribution in [2.45, 2.75) is 164 Å². The Balaban J connectivity index is 0.000000149. The molecule has 19 rings (SSSR count). The fourth-order valence-electron chi connectivity index (χ4n) is 17.3. The first-order valence-corrected chi connectivity index (χ1v) is 49.6. The van der Waals surface area contributed by atoms with Crippen molar-refractivity contribution in [1.29, 1.82) is 0 Å². The Morgan fingerprint density at radius 1 is 0.367 bits per heavy atom. The molecular formula is C92H81F16I7O13+2. The van der Waals surface area contributed by atoms with E-state index in [1.807, 2.05) is 121 Å². The molecule has 8 aliphatic carbocycles. The van der Waals surface area contributed by atoms with Gasteiger partial charge in [0, 0.05) is 77.6 Å². The van der Waals surface area contributed by atoms with Crippen LogP contribution in [0.3, 0.4) is 0 Å². The van der Waals surface area contributed by atoms with Crippen molar-refractivity contribution in [3.8, 4) is 51.7 Å². The van der Waals surface area contributed by atoms with Crippen molar-refractivity contribution in [2.24, 2.45) is 35.5 Å². The summed E-state index contributed by atoms with van der Waals surface area (Å²) in [6.45, 7) is 2.20. The zero-order chi connectivity index (χ0) is 92.8. The summed E-state index contributed by atoms with van der Waals surface area (Å²) in [7, 11) is 0. The number of alkyl halides is 12. The zero-order valence-corrected chi connectivity index (χ0v) is 83.7. The maximum Gasteiger partial charge on any atom is 0.377 e. The Morgan fingerprint density at radius 2 is 0.617 bits per heavy atom. The lowest BCUT2D eigenvalue weighted by Crippen LogP contribution is -3.62.